The van der Waals surface area contributed by atoms with Gasteiger partial charge in [0, 0.05) is 10.7 Å². The number of likely N-dealkylation sites (N-methyl/N-ethyl adjacent to an activating group) is 1. The Morgan fingerprint density at radius 2 is 2.16 bits per heavy atom. The fourth-order valence-corrected chi connectivity index (χ4v) is 2.53. The van der Waals surface area contributed by atoms with Gasteiger partial charge in [-0.3, -0.25) is 4.98 Å². The number of nitrogens with zero attached hydrogens (tertiary/aromatic N) is 1. The maximum absolute atomic E-state index is 13.3. The summed E-state index contributed by atoms with van der Waals surface area (Å²) in [5, 5.41) is 3.25. The maximum atomic E-state index is 13.3. The van der Waals surface area contributed by atoms with E-state index in [2.05, 4.69) is 26.2 Å². The highest BCUT2D eigenvalue weighted by Crippen LogP contribution is 2.25. The van der Waals surface area contributed by atoms with E-state index in [1.165, 1.54) is 6.07 Å². The average Bonchev–Trinajstić information content (AvgIpc) is 2.41. The first-order valence-electron chi connectivity index (χ1n) is 6.14. The summed E-state index contributed by atoms with van der Waals surface area (Å²) < 4.78 is 14.2. The van der Waals surface area contributed by atoms with Gasteiger partial charge in [-0.1, -0.05) is 22.0 Å². The van der Waals surface area contributed by atoms with E-state index in [4.69, 9.17) is 0 Å². The molecule has 1 aromatic heterocycles. The minimum atomic E-state index is -0.217. The van der Waals surface area contributed by atoms with Crippen LogP contribution in [0.1, 0.15) is 22.9 Å². The number of benzene rings is 1. The van der Waals surface area contributed by atoms with Gasteiger partial charge >= 0.3 is 0 Å². The van der Waals surface area contributed by atoms with Gasteiger partial charge in [-0.05, 0) is 55.8 Å². The zero-order valence-electron chi connectivity index (χ0n) is 11.0. The number of nitrogens with one attached hydrogen (secondary N) is 1. The molecule has 0 bridgehead atoms. The zero-order chi connectivity index (χ0) is 13.8. The molecule has 2 aromatic rings. The van der Waals surface area contributed by atoms with Gasteiger partial charge in [-0.2, -0.15) is 0 Å². The van der Waals surface area contributed by atoms with Crippen LogP contribution in [-0.4, -0.2) is 12.0 Å². The SMILES string of the molecule is CNC(Cc1cc(F)ccc1Br)c1ncccc1C. The van der Waals surface area contributed by atoms with Crippen molar-refractivity contribution in [2.75, 3.05) is 7.05 Å². The van der Waals surface area contributed by atoms with Gasteiger partial charge in [0.15, 0.2) is 0 Å². The second-order valence-corrected chi connectivity index (χ2v) is 5.34. The van der Waals surface area contributed by atoms with E-state index < -0.39 is 0 Å². The van der Waals surface area contributed by atoms with Crippen molar-refractivity contribution in [1.29, 1.82) is 0 Å². The zero-order valence-corrected chi connectivity index (χ0v) is 12.5. The minimum Gasteiger partial charge on any atom is -0.311 e. The van der Waals surface area contributed by atoms with Gasteiger partial charge < -0.3 is 5.32 Å². The first-order chi connectivity index (χ1) is 9.11. The lowest BCUT2D eigenvalue weighted by molar-refractivity contribution is 0.566. The van der Waals surface area contributed by atoms with Crippen molar-refractivity contribution in [3.63, 3.8) is 0 Å². The Labute approximate surface area is 121 Å². The molecule has 0 saturated carbocycles. The summed E-state index contributed by atoms with van der Waals surface area (Å²) >= 11 is 3.46. The lowest BCUT2D eigenvalue weighted by Crippen LogP contribution is -2.21. The van der Waals surface area contributed by atoms with Crippen molar-refractivity contribution in [1.82, 2.24) is 10.3 Å². The van der Waals surface area contributed by atoms with Crippen LogP contribution in [0.4, 0.5) is 4.39 Å². The van der Waals surface area contributed by atoms with Crippen molar-refractivity contribution in [2.24, 2.45) is 0 Å². The molecule has 2 nitrogen and oxygen atoms in total. The van der Waals surface area contributed by atoms with Gasteiger partial charge in [0.2, 0.25) is 0 Å². The Balaban J connectivity index is 2.29. The fraction of sp³-hybridized carbons (Fsp3) is 0.267. The average molecular weight is 323 g/mol. The first kappa shape index (κ1) is 14.2. The summed E-state index contributed by atoms with van der Waals surface area (Å²) in [7, 11) is 1.89. The summed E-state index contributed by atoms with van der Waals surface area (Å²) in [6, 6.07) is 8.78. The Morgan fingerprint density at radius 1 is 1.37 bits per heavy atom. The standard InChI is InChI=1S/C15H16BrFN2/c1-10-4-3-7-19-15(10)14(18-2)9-11-8-12(17)5-6-13(11)16/h3-8,14,18H,9H2,1-2H3. The molecule has 0 amide bonds. The van der Waals surface area contributed by atoms with Crippen LogP contribution in [0.15, 0.2) is 41.0 Å². The van der Waals surface area contributed by atoms with Crippen LogP contribution in [0.25, 0.3) is 0 Å². The number of halogens is 2. The van der Waals surface area contributed by atoms with Crippen LogP contribution in [0.3, 0.4) is 0 Å². The second kappa shape index (κ2) is 6.26. The van der Waals surface area contributed by atoms with Crippen LogP contribution in [0.5, 0.6) is 0 Å². The number of aromatic nitrogens is 1. The van der Waals surface area contributed by atoms with Gasteiger partial charge in [-0.15, -0.1) is 0 Å². The maximum Gasteiger partial charge on any atom is 0.123 e. The van der Waals surface area contributed by atoms with E-state index in [1.807, 2.05) is 26.1 Å². The van der Waals surface area contributed by atoms with Crippen LogP contribution in [-0.2, 0) is 6.42 Å². The predicted octanol–water partition coefficient (Wildman–Crippen LogP) is 3.79. The molecule has 0 aliphatic carbocycles. The number of aryl methyl sites for hydroxylation is 1. The largest absolute Gasteiger partial charge is 0.311 e. The molecule has 0 fully saturated rings. The molecule has 1 unspecified atom stereocenters. The number of hydrogen-bond donors (Lipinski definition) is 1. The molecule has 0 aliphatic heterocycles. The molecular weight excluding hydrogens is 307 g/mol. The molecular formula is C15H16BrFN2. The molecule has 1 heterocycles. The Morgan fingerprint density at radius 3 is 2.84 bits per heavy atom. The second-order valence-electron chi connectivity index (χ2n) is 4.49. The molecule has 0 spiro atoms. The quantitative estimate of drug-likeness (QED) is 0.926. The van der Waals surface area contributed by atoms with Gasteiger partial charge in [0.1, 0.15) is 5.82 Å². The highest BCUT2D eigenvalue weighted by Gasteiger charge is 2.15. The van der Waals surface area contributed by atoms with E-state index in [0.29, 0.717) is 6.42 Å². The monoisotopic (exact) mass is 322 g/mol. The number of hydrogen-bond acceptors (Lipinski definition) is 2. The van der Waals surface area contributed by atoms with Gasteiger partial charge in [-0.25, -0.2) is 4.39 Å². The summed E-state index contributed by atoms with van der Waals surface area (Å²) in [5.41, 5.74) is 3.07. The molecule has 100 valence electrons. The fourth-order valence-electron chi connectivity index (χ4n) is 2.12. The molecule has 1 N–H and O–H groups in total. The Bertz CT molecular complexity index is 572. The summed E-state index contributed by atoms with van der Waals surface area (Å²) in [5.74, 6) is -0.217. The van der Waals surface area contributed by atoms with E-state index in [1.54, 1.807) is 18.3 Å². The lowest BCUT2D eigenvalue weighted by Gasteiger charge is -2.18. The third-order valence-corrected chi connectivity index (χ3v) is 3.93. The summed E-state index contributed by atoms with van der Waals surface area (Å²) in [6.45, 7) is 2.04. The molecule has 1 atom stereocenters. The van der Waals surface area contributed by atoms with Gasteiger partial charge in [0.25, 0.3) is 0 Å². The van der Waals surface area contributed by atoms with Crippen molar-refractivity contribution in [3.8, 4) is 0 Å². The number of pyridine rings is 1. The molecule has 2 rings (SSSR count). The van der Waals surface area contributed by atoms with Crippen LogP contribution in [0, 0.1) is 12.7 Å². The molecule has 1 aromatic carbocycles. The third-order valence-electron chi connectivity index (χ3n) is 3.16. The predicted molar refractivity (Wildman–Crippen MR) is 78.6 cm³/mol. The minimum absolute atomic E-state index is 0.0688. The molecule has 0 aliphatic rings. The molecule has 0 saturated heterocycles. The Kier molecular flexibility index (Phi) is 4.66. The van der Waals surface area contributed by atoms with E-state index in [0.717, 1.165) is 21.3 Å². The summed E-state index contributed by atoms with van der Waals surface area (Å²) in [6.07, 6.45) is 2.47. The van der Waals surface area contributed by atoms with Gasteiger partial charge in [0.05, 0.1) is 11.7 Å². The highest BCUT2D eigenvalue weighted by atomic mass is 79.9. The van der Waals surface area contributed by atoms with Crippen molar-refractivity contribution < 1.29 is 4.39 Å². The lowest BCUT2D eigenvalue weighted by atomic mass is 10.00. The first-order valence-corrected chi connectivity index (χ1v) is 6.94. The number of rotatable bonds is 4. The molecule has 0 radical (unpaired) electrons. The summed E-state index contributed by atoms with van der Waals surface area (Å²) in [4.78, 5) is 4.43. The van der Waals surface area contributed by atoms with Crippen molar-refractivity contribution >= 4 is 15.9 Å². The van der Waals surface area contributed by atoms with E-state index in [-0.39, 0.29) is 11.9 Å². The highest BCUT2D eigenvalue weighted by molar-refractivity contribution is 9.10. The van der Waals surface area contributed by atoms with Crippen LogP contribution in [0.2, 0.25) is 0 Å². The van der Waals surface area contributed by atoms with Crippen LogP contribution >= 0.6 is 15.9 Å². The Hall–Kier alpha value is -1.26. The smallest absolute Gasteiger partial charge is 0.123 e. The molecule has 19 heavy (non-hydrogen) atoms. The molecule has 4 heteroatoms. The topological polar surface area (TPSA) is 24.9 Å². The third kappa shape index (κ3) is 3.39. The van der Waals surface area contributed by atoms with E-state index >= 15 is 0 Å². The van der Waals surface area contributed by atoms with E-state index in [9.17, 15) is 4.39 Å². The van der Waals surface area contributed by atoms with Crippen LogP contribution < -0.4 is 5.32 Å². The van der Waals surface area contributed by atoms with Crippen molar-refractivity contribution in [2.45, 2.75) is 19.4 Å². The normalized spacial score (nSPS) is 12.4. The van der Waals surface area contributed by atoms with Crippen molar-refractivity contribution in [3.05, 3.63) is 63.6 Å².